The predicted molar refractivity (Wildman–Crippen MR) is 127 cm³/mol. The lowest BCUT2D eigenvalue weighted by Gasteiger charge is -2.21. The molecule has 152 valence electrons. The number of aromatic nitrogens is 2. The highest BCUT2D eigenvalue weighted by molar-refractivity contribution is 7.99. The van der Waals surface area contributed by atoms with Crippen molar-refractivity contribution in [2.24, 2.45) is 0 Å². The predicted octanol–water partition coefficient (Wildman–Crippen LogP) is 6.61. The van der Waals surface area contributed by atoms with Gasteiger partial charge in [-0.3, -0.25) is 14.7 Å². The number of halogens is 1. The molecule has 0 saturated carbocycles. The van der Waals surface area contributed by atoms with Crippen molar-refractivity contribution in [1.29, 1.82) is 0 Å². The molecule has 7 heteroatoms. The number of aryl methyl sites for hydroxylation is 1. The highest BCUT2D eigenvalue weighted by Crippen LogP contribution is 2.35. The first-order valence-corrected chi connectivity index (χ1v) is 11.7. The van der Waals surface area contributed by atoms with Crippen LogP contribution in [0.4, 0.5) is 5.13 Å². The van der Waals surface area contributed by atoms with Crippen LogP contribution in [0.5, 0.6) is 0 Å². The zero-order chi connectivity index (χ0) is 21.1. The van der Waals surface area contributed by atoms with E-state index in [1.165, 1.54) is 11.3 Å². The van der Waals surface area contributed by atoms with Crippen LogP contribution < -0.4 is 4.90 Å². The fourth-order valence-corrected chi connectivity index (χ4v) is 5.44. The number of thioether (sulfide) groups is 1. The molecule has 4 nitrogen and oxygen atoms in total. The molecule has 0 aliphatic carbocycles. The van der Waals surface area contributed by atoms with E-state index in [4.69, 9.17) is 16.6 Å². The van der Waals surface area contributed by atoms with E-state index >= 15 is 0 Å². The number of anilines is 1. The number of thiazole rings is 1. The van der Waals surface area contributed by atoms with Crippen LogP contribution in [0.1, 0.15) is 28.4 Å². The summed E-state index contributed by atoms with van der Waals surface area (Å²) in [6.07, 6.45) is 3.51. The molecule has 0 aliphatic heterocycles. The second kappa shape index (κ2) is 9.16. The van der Waals surface area contributed by atoms with Gasteiger partial charge in [-0.2, -0.15) is 0 Å². The molecular formula is C23H20ClN3OS2. The number of hydrogen-bond donors (Lipinski definition) is 0. The summed E-state index contributed by atoms with van der Waals surface area (Å²) < 4.78 is 0.968. The van der Waals surface area contributed by atoms with Gasteiger partial charge in [0.05, 0.1) is 22.3 Å². The minimum Gasteiger partial charge on any atom is -0.279 e. The monoisotopic (exact) mass is 453 g/mol. The molecule has 30 heavy (non-hydrogen) atoms. The van der Waals surface area contributed by atoms with Crippen LogP contribution in [0, 0.1) is 6.92 Å². The van der Waals surface area contributed by atoms with Crippen LogP contribution in [-0.4, -0.2) is 21.6 Å². The number of hydrogen-bond acceptors (Lipinski definition) is 5. The van der Waals surface area contributed by atoms with Crippen LogP contribution in [0.15, 0.2) is 65.8 Å². The lowest BCUT2D eigenvalue weighted by molar-refractivity contribution is 0.0982. The van der Waals surface area contributed by atoms with Crippen LogP contribution in [0.3, 0.4) is 0 Å². The number of fused-ring (bicyclic) bond motifs is 1. The first-order chi connectivity index (χ1) is 14.6. The van der Waals surface area contributed by atoms with Crippen LogP contribution in [-0.2, 0) is 6.54 Å². The number of nitrogens with zero attached hydrogens (tertiary/aromatic N) is 3. The van der Waals surface area contributed by atoms with E-state index in [1.807, 2.05) is 55.5 Å². The Hall–Kier alpha value is -2.41. The third-order valence-corrected chi connectivity index (χ3v) is 6.80. The fraction of sp³-hybridized carbons (Fsp3) is 0.174. The topological polar surface area (TPSA) is 46.1 Å². The molecule has 0 spiro atoms. The number of pyridine rings is 1. The van der Waals surface area contributed by atoms with Crippen molar-refractivity contribution in [3.8, 4) is 0 Å². The second-order valence-electron chi connectivity index (χ2n) is 6.75. The van der Waals surface area contributed by atoms with Crippen molar-refractivity contribution in [2.45, 2.75) is 25.3 Å². The summed E-state index contributed by atoms with van der Waals surface area (Å²) in [7, 11) is 0. The number of benzene rings is 2. The minimum atomic E-state index is -0.0711. The van der Waals surface area contributed by atoms with Gasteiger partial charge in [-0.15, -0.1) is 11.8 Å². The third kappa shape index (κ3) is 4.36. The number of carbonyl (C=O) groups is 1. The third-order valence-electron chi connectivity index (χ3n) is 4.60. The normalized spacial score (nSPS) is 11.0. The second-order valence-corrected chi connectivity index (χ2v) is 9.50. The van der Waals surface area contributed by atoms with Crippen molar-refractivity contribution in [2.75, 3.05) is 10.7 Å². The van der Waals surface area contributed by atoms with Crippen molar-refractivity contribution in [3.05, 3.63) is 82.6 Å². The molecule has 0 saturated heterocycles. The van der Waals surface area contributed by atoms with Crippen LogP contribution in [0.25, 0.3) is 10.2 Å². The Morgan fingerprint density at radius 2 is 2.03 bits per heavy atom. The minimum absolute atomic E-state index is 0.0711. The van der Waals surface area contributed by atoms with E-state index < -0.39 is 0 Å². The molecule has 2 aromatic heterocycles. The van der Waals surface area contributed by atoms with E-state index in [-0.39, 0.29) is 5.91 Å². The summed E-state index contributed by atoms with van der Waals surface area (Å²) in [4.78, 5) is 25.4. The van der Waals surface area contributed by atoms with Crippen LogP contribution in [0.2, 0.25) is 5.02 Å². The summed E-state index contributed by atoms with van der Waals surface area (Å²) in [6.45, 7) is 4.46. The molecule has 0 radical (unpaired) electrons. The Morgan fingerprint density at radius 3 is 2.80 bits per heavy atom. The van der Waals surface area contributed by atoms with Gasteiger partial charge < -0.3 is 0 Å². The van der Waals surface area contributed by atoms with Crippen LogP contribution >= 0.6 is 34.7 Å². The molecule has 4 rings (SSSR count). The Bertz CT molecular complexity index is 1190. The largest absolute Gasteiger partial charge is 0.279 e. The van der Waals surface area contributed by atoms with E-state index in [9.17, 15) is 4.79 Å². The average Bonchev–Trinajstić information content (AvgIpc) is 3.17. The summed E-state index contributed by atoms with van der Waals surface area (Å²) in [5.74, 6) is 0.823. The fourth-order valence-electron chi connectivity index (χ4n) is 3.23. The molecular weight excluding hydrogens is 434 g/mol. The van der Waals surface area contributed by atoms with Gasteiger partial charge >= 0.3 is 0 Å². The Labute approximate surface area is 188 Å². The van der Waals surface area contributed by atoms with Crippen molar-refractivity contribution >= 4 is 56.0 Å². The summed E-state index contributed by atoms with van der Waals surface area (Å²) in [5, 5.41) is 1.32. The van der Waals surface area contributed by atoms with Gasteiger partial charge in [-0.1, -0.05) is 48.1 Å². The molecule has 0 aliphatic rings. The quantitative estimate of drug-likeness (QED) is 0.308. The SMILES string of the molecule is CCSc1ccccc1C(=O)N(Cc1cccnc1)c1nc2c(C)cc(Cl)cc2s1. The lowest BCUT2D eigenvalue weighted by Crippen LogP contribution is -2.30. The molecule has 0 N–H and O–H groups in total. The van der Waals surface area contributed by atoms with Crippen molar-refractivity contribution in [1.82, 2.24) is 9.97 Å². The zero-order valence-corrected chi connectivity index (χ0v) is 19.0. The zero-order valence-electron chi connectivity index (χ0n) is 16.6. The number of amides is 1. The van der Waals surface area contributed by atoms with Gasteiger partial charge in [0.25, 0.3) is 5.91 Å². The first-order valence-electron chi connectivity index (χ1n) is 9.56. The maximum absolute atomic E-state index is 13.7. The molecule has 2 aromatic carbocycles. The molecule has 0 bridgehead atoms. The maximum atomic E-state index is 13.7. The van der Waals surface area contributed by atoms with Gasteiger partial charge in [0, 0.05) is 22.3 Å². The molecule has 0 fully saturated rings. The molecule has 4 aromatic rings. The highest BCUT2D eigenvalue weighted by atomic mass is 35.5. The van der Waals surface area contributed by atoms with Crippen molar-refractivity contribution in [3.63, 3.8) is 0 Å². The van der Waals surface area contributed by atoms with Crippen molar-refractivity contribution < 1.29 is 4.79 Å². The highest BCUT2D eigenvalue weighted by Gasteiger charge is 2.24. The van der Waals surface area contributed by atoms with Gasteiger partial charge in [-0.25, -0.2) is 4.98 Å². The Kier molecular flexibility index (Phi) is 6.37. The summed E-state index contributed by atoms with van der Waals surface area (Å²) >= 11 is 9.39. The molecule has 2 heterocycles. The lowest BCUT2D eigenvalue weighted by atomic mass is 10.2. The maximum Gasteiger partial charge on any atom is 0.261 e. The first kappa shape index (κ1) is 20.8. The number of rotatable bonds is 6. The van der Waals surface area contributed by atoms with Gasteiger partial charge in [0.15, 0.2) is 5.13 Å². The Morgan fingerprint density at radius 1 is 1.20 bits per heavy atom. The summed E-state index contributed by atoms with van der Waals surface area (Å²) in [6, 6.07) is 15.4. The van der Waals surface area contributed by atoms with E-state index in [1.54, 1.807) is 29.1 Å². The molecule has 0 unspecified atom stereocenters. The van der Waals surface area contributed by atoms with Gasteiger partial charge in [0.1, 0.15) is 0 Å². The van der Waals surface area contributed by atoms with E-state index in [2.05, 4.69) is 11.9 Å². The van der Waals surface area contributed by atoms with Gasteiger partial charge in [0.2, 0.25) is 0 Å². The smallest absolute Gasteiger partial charge is 0.261 e. The standard InChI is InChI=1S/C23H20ClN3OS2/c1-3-29-19-9-5-4-8-18(19)22(28)27(14-16-7-6-10-25-13-16)23-26-21-15(2)11-17(24)12-20(21)30-23/h4-13H,3,14H2,1-2H3. The summed E-state index contributed by atoms with van der Waals surface area (Å²) in [5.41, 5.74) is 3.50. The molecule has 1 amide bonds. The Balaban J connectivity index is 1.81. The molecule has 0 atom stereocenters. The average molecular weight is 454 g/mol. The van der Waals surface area contributed by atoms with E-state index in [0.717, 1.165) is 32.0 Å². The van der Waals surface area contributed by atoms with E-state index in [0.29, 0.717) is 22.3 Å². The van der Waals surface area contributed by atoms with Gasteiger partial charge in [-0.05, 0) is 54.1 Å². The number of carbonyl (C=O) groups excluding carboxylic acids is 1.